The first-order valence-corrected chi connectivity index (χ1v) is 7.06. The van der Waals surface area contributed by atoms with Gasteiger partial charge in [0.1, 0.15) is 24.6 Å². The highest BCUT2D eigenvalue weighted by molar-refractivity contribution is 7.80. The Balaban J connectivity index is 2.07. The Morgan fingerprint density at radius 3 is 1.70 bits per heavy atom. The van der Waals surface area contributed by atoms with Crippen molar-refractivity contribution in [3.8, 4) is 0 Å². The fourth-order valence-electron chi connectivity index (χ4n) is 1.52. The van der Waals surface area contributed by atoms with Crippen LogP contribution in [0.5, 0.6) is 0 Å². The zero-order chi connectivity index (χ0) is 14.2. The summed E-state index contributed by atoms with van der Waals surface area (Å²) in [5, 5.41) is 0.647. The molecule has 1 aliphatic heterocycles. The van der Waals surface area contributed by atoms with E-state index in [1.807, 2.05) is 6.07 Å². The van der Waals surface area contributed by atoms with Crippen LogP contribution < -0.4 is 0 Å². The largest absolute Gasteiger partial charge is 0.479 e. The van der Waals surface area contributed by atoms with Crippen molar-refractivity contribution in [1.82, 2.24) is 4.98 Å². The van der Waals surface area contributed by atoms with Gasteiger partial charge in [0, 0.05) is 0 Å². The zero-order valence-corrected chi connectivity index (χ0v) is 12.5. The molecule has 5 nitrogen and oxygen atoms in total. The van der Waals surface area contributed by atoms with Crippen LogP contribution in [-0.2, 0) is 18.9 Å². The smallest absolute Gasteiger partial charge is 0.210 e. The number of fused-ring (bicyclic) bond motifs is 2. The molecule has 0 atom stereocenters. The molecule has 0 amide bonds. The summed E-state index contributed by atoms with van der Waals surface area (Å²) in [5.41, 5.74) is 1.13. The monoisotopic (exact) mass is 313 g/mol. The molecule has 2 bridgehead atoms. The molecule has 0 saturated heterocycles. The Morgan fingerprint density at radius 2 is 1.20 bits per heavy atom. The standard InChI is InChI=1S/C13H15NO4S2/c19-12-10-2-1-3-11(14-10)13(20)18-9-7-16-5-4-15-6-8-17-12/h1-3H,4-9H2. The summed E-state index contributed by atoms with van der Waals surface area (Å²) in [6, 6.07) is 5.36. The van der Waals surface area contributed by atoms with Crippen LogP contribution >= 0.6 is 24.4 Å². The zero-order valence-electron chi connectivity index (χ0n) is 10.9. The van der Waals surface area contributed by atoms with Crippen molar-refractivity contribution in [3.05, 3.63) is 29.6 Å². The maximum absolute atomic E-state index is 5.41. The molecule has 0 spiro atoms. The summed E-state index contributed by atoms with van der Waals surface area (Å²) in [4.78, 5) is 4.33. The summed E-state index contributed by atoms with van der Waals surface area (Å²) >= 11 is 10.3. The van der Waals surface area contributed by atoms with E-state index in [0.717, 1.165) is 0 Å². The van der Waals surface area contributed by atoms with Gasteiger partial charge in [-0.15, -0.1) is 0 Å². The Hall–Kier alpha value is -1.15. The summed E-state index contributed by atoms with van der Waals surface area (Å²) in [7, 11) is 0. The van der Waals surface area contributed by atoms with Crippen molar-refractivity contribution >= 4 is 34.5 Å². The highest BCUT2D eigenvalue weighted by atomic mass is 32.1. The molecule has 0 saturated carbocycles. The molecular formula is C13H15NO4S2. The summed E-state index contributed by atoms with van der Waals surface area (Å²) < 4.78 is 21.5. The maximum Gasteiger partial charge on any atom is 0.210 e. The number of hydrogen-bond donors (Lipinski definition) is 0. The average molecular weight is 313 g/mol. The number of thiocarbonyl (C=S) groups is 2. The van der Waals surface area contributed by atoms with E-state index in [0.29, 0.717) is 61.1 Å². The van der Waals surface area contributed by atoms with Crippen molar-refractivity contribution in [2.75, 3.05) is 39.6 Å². The topological polar surface area (TPSA) is 49.8 Å². The van der Waals surface area contributed by atoms with Crippen molar-refractivity contribution in [3.63, 3.8) is 0 Å². The predicted molar refractivity (Wildman–Crippen MR) is 81.2 cm³/mol. The first-order chi connectivity index (χ1) is 9.77. The van der Waals surface area contributed by atoms with E-state index in [1.165, 1.54) is 0 Å². The summed E-state index contributed by atoms with van der Waals surface area (Å²) in [5.74, 6) is 0. The van der Waals surface area contributed by atoms with Gasteiger partial charge >= 0.3 is 0 Å². The fourth-order valence-corrected chi connectivity index (χ4v) is 1.91. The molecule has 0 fully saturated rings. The number of pyridine rings is 1. The van der Waals surface area contributed by atoms with Crippen LogP contribution in [0.15, 0.2) is 18.2 Å². The molecule has 1 aromatic heterocycles. The molecule has 20 heavy (non-hydrogen) atoms. The number of nitrogens with zero attached hydrogens (tertiary/aromatic N) is 1. The van der Waals surface area contributed by atoms with Crippen LogP contribution in [0, 0.1) is 0 Å². The summed E-state index contributed by atoms with van der Waals surface area (Å²) in [6.45, 7) is 2.69. The van der Waals surface area contributed by atoms with Gasteiger partial charge in [0.15, 0.2) is 0 Å². The van der Waals surface area contributed by atoms with Crippen molar-refractivity contribution < 1.29 is 18.9 Å². The second kappa shape index (κ2) is 8.21. The minimum Gasteiger partial charge on any atom is -0.479 e. The molecule has 0 unspecified atom stereocenters. The third kappa shape index (κ3) is 4.75. The fraction of sp³-hybridized carbons (Fsp3) is 0.462. The van der Waals surface area contributed by atoms with Gasteiger partial charge in [-0.1, -0.05) is 6.07 Å². The van der Waals surface area contributed by atoms with Gasteiger partial charge in [-0.3, -0.25) is 0 Å². The molecule has 108 valence electrons. The highest BCUT2D eigenvalue weighted by Crippen LogP contribution is 2.06. The molecule has 2 rings (SSSR count). The van der Waals surface area contributed by atoms with E-state index in [9.17, 15) is 0 Å². The van der Waals surface area contributed by atoms with Crippen LogP contribution in [0.4, 0.5) is 0 Å². The lowest BCUT2D eigenvalue weighted by Gasteiger charge is -2.09. The van der Waals surface area contributed by atoms with E-state index in [-0.39, 0.29) is 0 Å². The minimum absolute atomic E-state index is 0.323. The van der Waals surface area contributed by atoms with E-state index >= 15 is 0 Å². The van der Waals surface area contributed by atoms with Crippen LogP contribution in [0.25, 0.3) is 0 Å². The van der Waals surface area contributed by atoms with E-state index in [1.54, 1.807) is 12.1 Å². The second-order valence-electron chi connectivity index (χ2n) is 3.90. The van der Waals surface area contributed by atoms with Gasteiger partial charge in [-0.2, -0.15) is 0 Å². The molecule has 0 radical (unpaired) electrons. The Bertz CT molecular complexity index is 442. The molecule has 0 N–H and O–H groups in total. The number of aromatic nitrogens is 1. The van der Waals surface area contributed by atoms with E-state index < -0.39 is 0 Å². The number of hydrogen-bond acceptors (Lipinski definition) is 7. The van der Waals surface area contributed by atoms with E-state index in [2.05, 4.69) is 4.98 Å². The lowest BCUT2D eigenvalue weighted by atomic mass is 10.3. The molecular weight excluding hydrogens is 298 g/mol. The van der Waals surface area contributed by atoms with Gasteiger partial charge in [0.25, 0.3) is 0 Å². The normalized spacial score (nSPS) is 18.4. The van der Waals surface area contributed by atoms with Crippen molar-refractivity contribution in [2.24, 2.45) is 0 Å². The SMILES string of the molecule is S=C1OCCOCCOCCOC(=S)c2cccc1n2. The van der Waals surface area contributed by atoms with Gasteiger partial charge in [-0.25, -0.2) is 4.98 Å². The van der Waals surface area contributed by atoms with Crippen molar-refractivity contribution in [2.45, 2.75) is 0 Å². The van der Waals surface area contributed by atoms with Gasteiger partial charge < -0.3 is 18.9 Å². The van der Waals surface area contributed by atoms with Crippen molar-refractivity contribution in [1.29, 1.82) is 0 Å². The first kappa shape index (κ1) is 15.2. The Morgan fingerprint density at radius 1 is 0.750 bits per heavy atom. The first-order valence-electron chi connectivity index (χ1n) is 6.24. The third-order valence-electron chi connectivity index (χ3n) is 2.46. The van der Waals surface area contributed by atoms with Gasteiger partial charge in [0.2, 0.25) is 10.1 Å². The molecule has 7 heteroatoms. The summed E-state index contributed by atoms with van der Waals surface area (Å²) in [6.07, 6.45) is 0. The predicted octanol–water partition coefficient (Wildman–Crippen LogP) is 1.51. The lowest BCUT2D eigenvalue weighted by Crippen LogP contribution is -2.14. The minimum atomic E-state index is 0.323. The van der Waals surface area contributed by atoms with Crippen LogP contribution in [0.2, 0.25) is 0 Å². The third-order valence-corrected chi connectivity index (χ3v) is 3.12. The molecule has 1 aromatic rings. The van der Waals surface area contributed by atoms with Gasteiger partial charge in [-0.05, 0) is 36.6 Å². The Kier molecular flexibility index (Phi) is 6.25. The van der Waals surface area contributed by atoms with Crippen LogP contribution in [-0.4, -0.2) is 54.7 Å². The molecule has 0 aliphatic carbocycles. The molecule has 2 heterocycles. The number of rotatable bonds is 0. The van der Waals surface area contributed by atoms with E-state index in [4.69, 9.17) is 43.4 Å². The number of ether oxygens (including phenoxy) is 4. The quantitative estimate of drug-likeness (QED) is 0.673. The molecule has 0 aromatic carbocycles. The highest BCUT2D eigenvalue weighted by Gasteiger charge is 2.09. The average Bonchev–Trinajstić information content (AvgIpc) is 2.48. The van der Waals surface area contributed by atoms with Crippen LogP contribution in [0.3, 0.4) is 0 Å². The second-order valence-corrected chi connectivity index (χ2v) is 4.65. The van der Waals surface area contributed by atoms with Crippen LogP contribution in [0.1, 0.15) is 11.4 Å². The van der Waals surface area contributed by atoms with Gasteiger partial charge in [0.05, 0.1) is 26.4 Å². The maximum atomic E-state index is 5.41. The Labute approximate surface area is 128 Å². The molecule has 1 aliphatic rings. The lowest BCUT2D eigenvalue weighted by molar-refractivity contribution is 0.0259.